The second kappa shape index (κ2) is 7.13. The van der Waals surface area contributed by atoms with Crippen LogP contribution in [-0.4, -0.2) is 36.2 Å². The number of amides is 2. The summed E-state index contributed by atoms with van der Waals surface area (Å²) in [7, 11) is 0. The molecule has 0 saturated heterocycles. The summed E-state index contributed by atoms with van der Waals surface area (Å²) in [5.74, 6) is -2.10. The van der Waals surface area contributed by atoms with Crippen LogP contribution < -0.4 is 16.1 Å². The second-order valence-electron chi connectivity index (χ2n) is 3.98. The van der Waals surface area contributed by atoms with Crippen LogP contribution in [-0.2, 0) is 9.59 Å². The largest absolute Gasteiger partial charge is 0.507 e. The van der Waals surface area contributed by atoms with Gasteiger partial charge in [-0.15, -0.1) is 0 Å². The van der Waals surface area contributed by atoms with Gasteiger partial charge in [0.05, 0.1) is 6.21 Å². The van der Waals surface area contributed by atoms with Crippen LogP contribution in [0.3, 0.4) is 0 Å². The first-order chi connectivity index (χ1) is 9.49. The molecule has 0 aliphatic carbocycles. The van der Waals surface area contributed by atoms with Crippen molar-refractivity contribution in [3.05, 3.63) is 23.8 Å². The fourth-order valence-corrected chi connectivity index (χ4v) is 1.64. The van der Waals surface area contributed by atoms with Crippen LogP contribution in [0.1, 0.15) is 19.4 Å². The van der Waals surface area contributed by atoms with Crippen LogP contribution >= 0.6 is 0 Å². The summed E-state index contributed by atoms with van der Waals surface area (Å²) >= 11 is 0. The second-order valence-corrected chi connectivity index (χ2v) is 3.98. The van der Waals surface area contributed by atoms with Crippen molar-refractivity contribution in [1.29, 1.82) is 0 Å². The Hall–Kier alpha value is -2.57. The lowest BCUT2D eigenvalue weighted by Crippen LogP contribution is -2.32. The van der Waals surface area contributed by atoms with E-state index in [0.717, 1.165) is 18.8 Å². The Balaban J connectivity index is 2.81. The molecule has 0 atom stereocenters. The van der Waals surface area contributed by atoms with Gasteiger partial charge in [0.25, 0.3) is 0 Å². The Morgan fingerprint density at radius 3 is 2.55 bits per heavy atom. The predicted octanol–water partition coefficient (Wildman–Crippen LogP) is 0.174. The third-order valence-corrected chi connectivity index (χ3v) is 2.74. The molecule has 0 heterocycles. The maximum atomic E-state index is 10.9. The molecule has 0 aliphatic rings. The fraction of sp³-hybridized carbons (Fsp3) is 0.308. The highest BCUT2D eigenvalue weighted by Crippen LogP contribution is 2.23. The molecule has 1 aromatic carbocycles. The number of anilines is 1. The van der Waals surface area contributed by atoms with Gasteiger partial charge in [-0.1, -0.05) is 0 Å². The van der Waals surface area contributed by atoms with E-state index in [-0.39, 0.29) is 5.75 Å². The number of phenolic OH excluding ortho intramolecular Hbond substituents is 1. The number of carbonyl (C=O) groups excluding carboxylic acids is 2. The molecule has 0 unspecified atom stereocenters. The fourth-order valence-electron chi connectivity index (χ4n) is 1.64. The Morgan fingerprint density at radius 1 is 1.40 bits per heavy atom. The van der Waals surface area contributed by atoms with Crippen molar-refractivity contribution < 1.29 is 14.7 Å². The average molecular weight is 278 g/mol. The van der Waals surface area contributed by atoms with Crippen LogP contribution in [0, 0.1) is 0 Å². The highest BCUT2D eigenvalue weighted by Gasteiger charge is 2.07. The van der Waals surface area contributed by atoms with Gasteiger partial charge in [0.2, 0.25) is 0 Å². The number of carbonyl (C=O) groups is 2. The molecule has 0 aromatic heterocycles. The molecule has 108 valence electrons. The van der Waals surface area contributed by atoms with Crippen molar-refractivity contribution in [1.82, 2.24) is 5.43 Å². The minimum absolute atomic E-state index is 0.0338. The first-order valence-electron chi connectivity index (χ1n) is 6.20. The van der Waals surface area contributed by atoms with Gasteiger partial charge in [-0.3, -0.25) is 9.59 Å². The van der Waals surface area contributed by atoms with E-state index in [1.54, 1.807) is 12.1 Å². The van der Waals surface area contributed by atoms with E-state index in [9.17, 15) is 14.7 Å². The molecule has 4 N–H and O–H groups in total. The van der Waals surface area contributed by atoms with Crippen LogP contribution in [0.2, 0.25) is 0 Å². The highest BCUT2D eigenvalue weighted by molar-refractivity contribution is 6.34. The monoisotopic (exact) mass is 278 g/mol. The zero-order valence-corrected chi connectivity index (χ0v) is 11.5. The lowest BCUT2D eigenvalue weighted by molar-refractivity contribution is -0.137. The summed E-state index contributed by atoms with van der Waals surface area (Å²) < 4.78 is 0. The van der Waals surface area contributed by atoms with Gasteiger partial charge in [-0.25, -0.2) is 5.43 Å². The smallest absolute Gasteiger partial charge is 0.329 e. The van der Waals surface area contributed by atoms with E-state index in [2.05, 4.69) is 10.0 Å². The van der Waals surface area contributed by atoms with Gasteiger partial charge < -0.3 is 15.7 Å². The number of phenols is 1. The van der Waals surface area contributed by atoms with E-state index in [4.69, 9.17) is 5.73 Å². The molecule has 1 aromatic rings. The molecule has 20 heavy (non-hydrogen) atoms. The molecule has 0 aliphatic heterocycles. The van der Waals surface area contributed by atoms with Crippen molar-refractivity contribution in [2.45, 2.75) is 13.8 Å². The van der Waals surface area contributed by atoms with Crippen LogP contribution in [0.4, 0.5) is 5.69 Å². The summed E-state index contributed by atoms with van der Waals surface area (Å²) in [6, 6.07) is 5.12. The maximum Gasteiger partial charge on any atom is 0.329 e. The summed E-state index contributed by atoms with van der Waals surface area (Å²) in [4.78, 5) is 23.4. The van der Waals surface area contributed by atoms with Crippen molar-refractivity contribution in [2.75, 3.05) is 18.0 Å². The number of hydrogen-bond acceptors (Lipinski definition) is 5. The Labute approximate surface area is 117 Å². The number of nitrogens with one attached hydrogen (secondary N) is 1. The van der Waals surface area contributed by atoms with Crippen LogP contribution in [0.25, 0.3) is 0 Å². The van der Waals surface area contributed by atoms with Crippen LogP contribution in [0.5, 0.6) is 5.75 Å². The predicted molar refractivity (Wildman–Crippen MR) is 76.6 cm³/mol. The third kappa shape index (κ3) is 3.98. The Kier molecular flexibility index (Phi) is 5.52. The summed E-state index contributed by atoms with van der Waals surface area (Å²) in [5, 5.41) is 13.4. The SMILES string of the molecule is CCN(CC)c1ccc(/C=N\NC(=O)C(N)=O)c(O)c1. The molecule has 0 bridgehead atoms. The lowest BCUT2D eigenvalue weighted by atomic mass is 10.2. The molecule has 0 fully saturated rings. The summed E-state index contributed by atoms with van der Waals surface area (Å²) in [5.41, 5.74) is 8.02. The van der Waals surface area contributed by atoms with Gasteiger partial charge in [-0.05, 0) is 26.0 Å². The summed E-state index contributed by atoms with van der Waals surface area (Å²) in [6.07, 6.45) is 1.24. The summed E-state index contributed by atoms with van der Waals surface area (Å²) in [6.45, 7) is 5.71. The van der Waals surface area contributed by atoms with Crippen molar-refractivity contribution >= 4 is 23.7 Å². The van der Waals surface area contributed by atoms with E-state index in [1.807, 2.05) is 25.3 Å². The number of nitrogens with zero attached hydrogens (tertiary/aromatic N) is 2. The quantitative estimate of drug-likeness (QED) is 0.405. The van der Waals surface area contributed by atoms with Gasteiger partial charge >= 0.3 is 11.8 Å². The van der Waals surface area contributed by atoms with E-state index < -0.39 is 11.8 Å². The van der Waals surface area contributed by atoms with Gasteiger partial charge in [0.15, 0.2) is 0 Å². The first kappa shape index (κ1) is 15.5. The number of hydrazone groups is 1. The number of primary amides is 1. The lowest BCUT2D eigenvalue weighted by Gasteiger charge is -2.21. The molecular weight excluding hydrogens is 260 g/mol. The molecule has 0 radical (unpaired) electrons. The third-order valence-electron chi connectivity index (χ3n) is 2.74. The number of rotatable bonds is 5. The van der Waals surface area contributed by atoms with E-state index in [0.29, 0.717) is 5.56 Å². The first-order valence-corrected chi connectivity index (χ1v) is 6.20. The standard InChI is InChI=1S/C13H18N4O3/c1-3-17(4-2)10-6-5-9(11(18)7-10)8-15-16-13(20)12(14)19/h5-8,18H,3-4H2,1-2H3,(H2,14,19)(H,16,20)/b15-8-. The van der Waals surface area contributed by atoms with Crippen molar-refractivity contribution in [3.63, 3.8) is 0 Å². The maximum absolute atomic E-state index is 10.9. The molecule has 7 nitrogen and oxygen atoms in total. The normalized spacial score (nSPS) is 10.5. The van der Waals surface area contributed by atoms with Gasteiger partial charge in [0.1, 0.15) is 5.75 Å². The minimum atomic E-state index is -1.12. The Morgan fingerprint density at radius 2 is 2.05 bits per heavy atom. The molecule has 0 spiro atoms. The molecular formula is C13H18N4O3. The average Bonchev–Trinajstić information content (AvgIpc) is 2.42. The number of hydrogen-bond donors (Lipinski definition) is 3. The van der Waals surface area contributed by atoms with E-state index in [1.165, 1.54) is 6.21 Å². The zero-order chi connectivity index (χ0) is 15.1. The Bertz CT molecular complexity index is 524. The number of benzene rings is 1. The van der Waals surface area contributed by atoms with Crippen molar-refractivity contribution in [2.24, 2.45) is 10.8 Å². The molecule has 7 heteroatoms. The van der Waals surface area contributed by atoms with Gasteiger partial charge in [0, 0.05) is 30.4 Å². The van der Waals surface area contributed by atoms with Crippen LogP contribution in [0.15, 0.2) is 23.3 Å². The zero-order valence-electron chi connectivity index (χ0n) is 11.5. The van der Waals surface area contributed by atoms with Crippen molar-refractivity contribution in [3.8, 4) is 5.75 Å². The number of nitrogens with two attached hydrogens (primary N) is 1. The molecule has 1 rings (SSSR count). The topological polar surface area (TPSA) is 108 Å². The minimum Gasteiger partial charge on any atom is -0.507 e. The van der Waals surface area contributed by atoms with Gasteiger partial charge in [-0.2, -0.15) is 5.10 Å². The highest BCUT2D eigenvalue weighted by atomic mass is 16.3. The number of aromatic hydroxyl groups is 1. The van der Waals surface area contributed by atoms with E-state index >= 15 is 0 Å². The molecule has 2 amide bonds. The molecule has 0 saturated carbocycles.